The molecule has 0 aliphatic heterocycles. The third kappa shape index (κ3) is 2.07. The SMILES string of the molecule is Oc1cccc(OCc2ccoc2)c1. The lowest BCUT2D eigenvalue weighted by Gasteiger charge is -2.03. The molecule has 1 aromatic heterocycles. The zero-order chi connectivity index (χ0) is 9.80. The average molecular weight is 190 g/mol. The van der Waals surface area contributed by atoms with Crippen LogP contribution in [0.3, 0.4) is 0 Å². The van der Waals surface area contributed by atoms with Crippen molar-refractivity contribution in [3.8, 4) is 11.5 Å². The van der Waals surface area contributed by atoms with Crippen LogP contribution in [0, 0.1) is 0 Å². The van der Waals surface area contributed by atoms with Gasteiger partial charge in [-0.1, -0.05) is 6.07 Å². The van der Waals surface area contributed by atoms with Crippen LogP contribution in [0.5, 0.6) is 11.5 Å². The molecule has 0 atom stereocenters. The van der Waals surface area contributed by atoms with Crippen molar-refractivity contribution in [1.82, 2.24) is 0 Å². The van der Waals surface area contributed by atoms with Crippen molar-refractivity contribution in [1.29, 1.82) is 0 Å². The summed E-state index contributed by atoms with van der Waals surface area (Å²) >= 11 is 0. The van der Waals surface area contributed by atoms with Gasteiger partial charge in [-0.05, 0) is 18.2 Å². The van der Waals surface area contributed by atoms with Crippen LogP contribution in [-0.4, -0.2) is 5.11 Å². The van der Waals surface area contributed by atoms with Gasteiger partial charge in [0.05, 0.1) is 12.5 Å². The van der Waals surface area contributed by atoms with Crippen LogP contribution in [-0.2, 0) is 6.61 Å². The van der Waals surface area contributed by atoms with E-state index in [0.717, 1.165) is 5.56 Å². The van der Waals surface area contributed by atoms with E-state index in [-0.39, 0.29) is 5.75 Å². The molecule has 3 heteroatoms. The average Bonchev–Trinajstić information content (AvgIpc) is 2.67. The highest BCUT2D eigenvalue weighted by Gasteiger charge is 1.97. The van der Waals surface area contributed by atoms with Gasteiger partial charge in [0, 0.05) is 11.6 Å². The number of benzene rings is 1. The van der Waals surface area contributed by atoms with Crippen LogP contribution in [0.25, 0.3) is 0 Å². The first-order valence-electron chi connectivity index (χ1n) is 4.27. The second kappa shape index (κ2) is 3.87. The van der Waals surface area contributed by atoms with Crippen LogP contribution < -0.4 is 4.74 Å². The summed E-state index contributed by atoms with van der Waals surface area (Å²) in [5, 5.41) is 9.17. The van der Waals surface area contributed by atoms with E-state index in [2.05, 4.69) is 0 Å². The minimum absolute atomic E-state index is 0.203. The summed E-state index contributed by atoms with van der Waals surface area (Å²) in [5.74, 6) is 0.848. The van der Waals surface area contributed by atoms with Gasteiger partial charge >= 0.3 is 0 Å². The molecule has 1 aromatic carbocycles. The first-order valence-corrected chi connectivity index (χ1v) is 4.27. The molecule has 72 valence electrons. The maximum atomic E-state index is 9.17. The zero-order valence-corrected chi connectivity index (χ0v) is 7.51. The van der Waals surface area contributed by atoms with Crippen LogP contribution in [0.1, 0.15) is 5.56 Å². The van der Waals surface area contributed by atoms with Gasteiger partial charge in [0.1, 0.15) is 18.1 Å². The monoisotopic (exact) mass is 190 g/mol. The summed E-state index contributed by atoms with van der Waals surface area (Å²) in [6.07, 6.45) is 3.23. The Morgan fingerprint density at radius 3 is 2.93 bits per heavy atom. The number of furan rings is 1. The van der Waals surface area contributed by atoms with Crippen LogP contribution in [0.2, 0.25) is 0 Å². The van der Waals surface area contributed by atoms with Gasteiger partial charge in [-0.2, -0.15) is 0 Å². The minimum atomic E-state index is 0.203. The third-order valence-electron chi connectivity index (χ3n) is 1.80. The van der Waals surface area contributed by atoms with Crippen molar-refractivity contribution in [2.45, 2.75) is 6.61 Å². The number of ether oxygens (including phenoxy) is 1. The Labute approximate surface area is 81.6 Å². The summed E-state index contributed by atoms with van der Waals surface area (Å²) in [6, 6.07) is 8.54. The number of aromatic hydroxyl groups is 1. The van der Waals surface area contributed by atoms with E-state index in [9.17, 15) is 5.11 Å². The van der Waals surface area contributed by atoms with E-state index in [1.807, 2.05) is 6.07 Å². The molecule has 0 aliphatic carbocycles. The lowest BCUT2D eigenvalue weighted by Crippen LogP contribution is -1.92. The van der Waals surface area contributed by atoms with Gasteiger partial charge in [0.15, 0.2) is 0 Å². The molecule has 0 fully saturated rings. The molecule has 0 spiro atoms. The summed E-state index contributed by atoms with van der Waals surface area (Å²) < 4.78 is 10.3. The van der Waals surface area contributed by atoms with E-state index in [0.29, 0.717) is 12.4 Å². The number of hydrogen-bond acceptors (Lipinski definition) is 3. The second-order valence-electron chi connectivity index (χ2n) is 2.92. The Kier molecular flexibility index (Phi) is 2.40. The van der Waals surface area contributed by atoms with Gasteiger partial charge in [0.25, 0.3) is 0 Å². The molecule has 0 saturated carbocycles. The van der Waals surface area contributed by atoms with Gasteiger partial charge in [-0.15, -0.1) is 0 Å². The van der Waals surface area contributed by atoms with Crippen molar-refractivity contribution in [2.24, 2.45) is 0 Å². The molecule has 0 saturated heterocycles. The number of phenolic OH excluding ortho intramolecular Hbond substituents is 1. The van der Waals surface area contributed by atoms with Gasteiger partial charge in [0.2, 0.25) is 0 Å². The fourth-order valence-corrected chi connectivity index (χ4v) is 1.11. The predicted molar refractivity (Wildman–Crippen MR) is 51.1 cm³/mol. The summed E-state index contributed by atoms with van der Waals surface area (Å²) in [6.45, 7) is 0.444. The van der Waals surface area contributed by atoms with E-state index in [1.165, 1.54) is 0 Å². The first kappa shape index (κ1) is 8.69. The molecule has 1 heterocycles. The van der Waals surface area contributed by atoms with E-state index < -0.39 is 0 Å². The Morgan fingerprint density at radius 1 is 1.29 bits per heavy atom. The summed E-state index contributed by atoms with van der Waals surface area (Å²) in [7, 11) is 0. The van der Waals surface area contributed by atoms with E-state index >= 15 is 0 Å². The van der Waals surface area contributed by atoms with Crippen molar-refractivity contribution < 1.29 is 14.3 Å². The predicted octanol–water partition coefficient (Wildman–Crippen LogP) is 2.56. The lowest BCUT2D eigenvalue weighted by atomic mass is 10.3. The molecule has 0 bridgehead atoms. The Morgan fingerprint density at radius 2 is 2.21 bits per heavy atom. The minimum Gasteiger partial charge on any atom is -0.508 e. The topological polar surface area (TPSA) is 42.6 Å². The van der Waals surface area contributed by atoms with Crippen molar-refractivity contribution in [3.63, 3.8) is 0 Å². The highest BCUT2D eigenvalue weighted by Crippen LogP contribution is 2.18. The van der Waals surface area contributed by atoms with Gasteiger partial charge in [-0.25, -0.2) is 0 Å². The summed E-state index contributed by atoms with van der Waals surface area (Å²) in [4.78, 5) is 0. The largest absolute Gasteiger partial charge is 0.508 e. The van der Waals surface area contributed by atoms with Crippen LogP contribution in [0.15, 0.2) is 47.3 Å². The maximum Gasteiger partial charge on any atom is 0.123 e. The number of rotatable bonds is 3. The first-order chi connectivity index (χ1) is 6.84. The number of hydrogen-bond donors (Lipinski definition) is 1. The Bertz CT molecular complexity index is 393. The zero-order valence-electron chi connectivity index (χ0n) is 7.51. The quantitative estimate of drug-likeness (QED) is 0.808. The van der Waals surface area contributed by atoms with Crippen molar-refractivity contribution in [2.75, 3.05) is 0 Å². The summed E-state index contributed by atoms with van der Waals surface area (Å²) in [5.41, 5.74) is 0.966. The highest BCUT2D eigenvalue weighted by atomic mass is 16.5. The molecule has 3 nitrogen and oxygen atoms in total. The Balaban J connectivity index is 1.98. The molecule has 0 radical (unpaired) electrons. The van der Waals surface area contributed by atoms with E-state index in [4.69, 9.17) is 9.15 Å². The van der Waals surface area contributed by atoms with Gasteiger partial charge < -0.3 is 14.3 Å². The number of phenols is 1. The fourth-order valence-electron chi connectivity index (χ4n) is 1.11. The molecule has 2 aromatic rings. The standard InChI is InChI=1S/C11H10O3/c12-10-2-1-3-11(6-10)14-8-9-4-5-13-7-9/h1-7,12H,8H2. The maximum absolute atomic E-state index is 9.17. The molecule has 1 N–H and O–H groups in total. The van der Waals surface area contributed by atoms with Crippen molar-refractivity contribution in [3.05, 3.63) is 48.4 Å². The van der Waals surface area contributed by atoms with Crippen LogP contribution >= 0.6 is 0 Å². The van der Waals surface area contributed by atoms with Gasteiger partial charge in [-0.3, -0.25) is 0 Å². The normalized spacial score (nSPS) is 10.0. The molecule has 0 unspecified atom stereocenters. The molecule has 0 amide bonds. The molecule has 0 aliphatic rings. The van der Waals surface area contributed by atoms with E-state index in [1.54, 1.807) is 36.8 Å². The lowest BCUT2D eigenvalue weighted by molar-refractivity contribution is 0.303. The Hall–Kier alpha value is -1.90. The second-order valence-corrected chi connectivity index (χ2v) is 2.92. The third-order valence-corrected chi connectivity index (χ3v) is 1.80. The fraction of sp³-hybridized carbons (Fsp3) is 0.0909. The molecule has 2 rings (SSSR count). The molecular formula is C11H10O3. The van der Waals surface area contributed by atoms with Crippen LogP contribution in [0.4, 0.5) is 0 Å². The highest BCUT2D eigenvalue weighted by molar-refractivity contribution is 5.31. The smallest absolute Gasteiger partial charge is 0.123 e. The molecular weight excluding hydrogens is 180 g/mol. The van der Waals surface area contributed by atoms with Crippen molar-refractivity contribution >= 4 is 0 Å². The molecule has 14 heavy (non-hydrogen) atoms.